The molecular weight excluding hydrogens is 446 g/mol. The van der Waals surface area contributed by atoms with Gasteiger partial charge in [0.25, 0.3) is 0 Å². The molecule has 0 aliphatic heterocycles. The molecule has 1 aliphatic carbocycles. The van der Waals surface area contributed by atoms with Crippen molar-refractivity contribution in [2.75, 3.05) is 18.2 Å². The lowest BCUT2D eigenvalue weighted by Gasteiger charge is -2.26. The van der Waals surface area contributed by atoms with Gasteiger partial charge in [-0.1, -0.05) is 6.92 Å². The maximum absolute atomic E-state index is 11.9. The number of benzene rings is 1. The minimum atomic E-state index is 0.101. The molecule has 8 nitrogen and oxygen atoms in total. The zero-order valence-corrected chi connectivity index (χ0v) is 21.7. The molecule has 0 saturated heterocycles. The van der Waals surface area contributed by atoms with Crippen LogP contribution >= 0.6 is 11.8 Å². The highest BCUT2D eigenvalue weighted by Crippen LogP contribution is 2.30. The van der Waals surface area contributed by atoms with Crippen LogP contribution in [0.3, 0.4) is 0 Å². The number of amides is 1. The Hall–Kier alpha value is -3.07. The van der Waals surface area contributed by atoms with E-state index in [9.17, 15) is 4.79 Å². The van der Waals surface area contributed by atoms with E-state index in [-0.39, 0.29) is 23.7 Å². The first-order valence-corrected chi connectivity index (χ1v) is 12.4. The van der Waals surface area contributed by atoms with Gasteiger partial charge in [0.1, 0.15) is 11.7 Å². The van der Waals surface area contributed by atoms with Crippen molar-refractivity contribution in [2.24, 2.45) is 32.4 Å². The van der Waals surface area contributed by atoms with Crippen molar-refractivity contribution in [3.05, 3.63) is 47.4 Å². The molecule has 1 amide bonds. The van der Waals surface area contributed by atoms with Crippen molar-refractivity contribution in [1.82, 2.24) is 4.90 Å². The van der Waals surface area contributed by atoms with Crippen molar-refractivity contribution in [3.8, 4) is 0 Å². The number of nitrogens with two attached hydrogens (primary N) is 2. The molecular formula is C25H37N7OS. The van der Waals surface area contributed by atoms with Gasteiger partial charge >= 0.3 is 0 Å². The summed E-state index contributed by atoms with van der Waals surface area (Å²) in [6, 6.07) is 7.99. The summed E-state index contributed by atoms with van der Waals surface area (Å²) < 4.78 is 0. The average Bonchev–Trinajstić information content (AvgIpc) is 3.62. The highest BCUT2D eigenvalue weighted by molar-refractivity contribution is 7.99. The van der Waals surface area contributed by atoms with Gasteiger partial charge in [-0.2, -0.15) is 0 Å². The zero-order chi connectivity index (χ0) is 25.3. The SMILES string of the molecule is C=N\C(=C(CC)/C(/N=C(N)/C=C(/C)N)=N\CSc1ccc(NC(=O)C2CC2)cc1)N(C)C(C)C. The molecule has 34 heavy (non-hydrogen) atoms. The molecule has 1 aromatic carbocycles. The predicted molar refractivity (Wildman–Crippen MR) is 145 cm³/mol. The summed E-state index contributed by atoms with van der Waals surface area (Å²) in [5, 5.41) is 2.95. The van der Waals surface area contributed by atoms with Crippen LogP contribution < -0.4 is 16.8 Å². The van der Waals surface area contributed by atoms with E-state index in [0.29, 0.717) is 23.8 Å². The van der Waals surface area contributed by atoms with E-state index in [0.717, 1.165) is 34.8 Å². The summed E-state index contributed by atoms with van der Waals surface area (Å²) >= 11 is 1.57. The molecule has 0 bridgehead atoms. The van der Waals surface area contributed by atoms with Crippen LogP contribution in [0.4, 0.5) is 5.69 Å². The quantitative estimate of drug-likeness (QED) is 0.245. The van der Waals surface area contributed by atoms with E-state index in [1.807, 2.05) is 43.1 Å². The number of hydrogen-bond donors (Lipinski definition) is 3. The van der Waals surface area contributed by atoms with Crippen molar-refractivity contribution >= 4 is 41.7 Å². The first-order chi connectivity index (χ1) is 16.2. The number of nitrogens with one attached hydrogen (secondary N) is 1. The van der Waals surface area contributed by atoms with Crippen LogP contribution in [0.5, 0.6) is 0 Å². The molecule has 0 atom stereocenters. The zero-order valence-electron chi connectivity index (χ0n) is 20.8. The normalized spacial score (nSPS) is 15.8. The molecule has 1 saturated carbocycles. The van der Waals surface area contributed by atoms with E-state index < -0.39 is 0 Å². The second-order valence-electron chi connectivity index (χ2n) is 8.49. The number of thioether (sulfide) groups is 1. The number of allylic oxidation sites excluding steroid dienone is 1. The van der Waals surface area contributed by atoms with Crippen LogP contribution in [0.25, 0.3) is 0 Å². The Kier molecular flexibility index (Phi) is 10.4. The molecule has 0 radical (unpaired) electrons. The number of carbonyl (C=O) groups excluding carboxylic acids is 1. The van der Waals surface area contributed by atoms with Crippen molar-refractivity contribution in [3.63, 3.8) is 0 Å². The van der Waals surface area contributed by atoms with Gasteiger partial charge in [-0.25, -0.2) is 9.98 Å². The van der Waals surface area contributed by atoms with E-state index in [2.05, 4.69) is 35.9 Å². The lowest BCUT2D eigenvalue weighted by Crippen LogP contribution is -2.27. The number of aliphatic imine (C=N–C) groups is 3. The third-order valence-electron chi connectivity index (χ3n) is 5.28. The van der Waals surface area contributed by atoms with Crippen LogP contribution in [-0.4, -0.2) is 48.2 Å². The molecule has 2 rings (SSSR count). The Labute approximate surface area is 207 Å². The molecule has 1 fully saturated rings. The first-order valence-electron chi connectivity index (χ1n) is 11.4. The Balaban J connectivity index is 2.26. The van der Waals surface area contributed by atoms with Crippen LogP contribution in [0.1, 0.15) is 47.0 Å². The van der Waals surface area contributed by atoms with E-state index >= 15 is 0 Å². The average molecular weight is 484 g/mol. The summed E-state index contributed by atoms with van der Waals surface area (Å²) in [5.74, 6) is 2.23. The van der Waals surface area contributed by atoms with Crippen molar-refractivity contribution in [2.45, 2.75) is 57.9 Å². The maximum atomic E-state index is 11.9. The molecule has 5 N–H and O–H groups in total. The largest absolute Gasteiger partial charge is 0.402 e. The third-order valence-corrected chi connectivity index (χ3v) is 6.14. The molecule has 1 aromatic rings. The number of amidine groups is 2. The number of carbonyl (C=O) groups is 1. The standard InChI is InChI=1S/C25H37N7OS/c1-7-21(24(28-5)32(6)16(2)3)23(31-22(27)14-17(4)26)29-15-34-20-12-10-19(11-13-20)30-25(33)18-8-9-18/h10-14,16,18H,5,7-9,15,26H2,1-4,6H3,(H,30,33)(H2,27,29,31)/b17-14-,24-21+. The Morgan fingerprint density at radius 1 is 1.29 bits per heavy atom. The van der Waals surface area contributed by atoms with Crippen LogP contribution in [0, 0.1) is 5.92 Å². The molecule has 0 spiro atoms. The fourth-order valence-corrected chi connectivity index (χ4v) is 3.72. The van der Waals surface area contributed by atoms with Crippen LogP contribution in [0.2, 0.25) is 0 Å². The topological polar surface area (TPSA) is 121 Å². The Morgan fingerprint density at radius 2 is 1.94 bits per heavy atom. The van der Waals surface area contributed by atoms with Crippen molar-refractivity contribution in [1.29, 1.82) is 0 Å². The second kappa shape index (κ2) is 13.0. The van der Waals surface area contributed by atoms with Crippen molar-refractivity contribution < 1.29 is 4.79 Å². The fourth-order valence-electron chi connectivity index (χ4n) is 3.06. The summed E-state index contributed by atoms with van der Waals surface area (Å²) in [5.41, 5.74) is 14.1. The lowest BCUT2D eigenvalue weighted by atomic mass is 10.1. The minimum Gasteiger partial charge on any atom is -0.402 e. The Morgan fingerprint density at radius 3 is 2.44 bits per heavy atom. The molecule has 0 unspecified atom stereocenters. The van der Waals surface area contributed by atoms with E-state index in [4.69, 9.17) is 16.5 Å². The maximum Gasteiger partial charge on any atom is 0.227 e. The third kappa shape index (κ3) is 8.37. The van der Waals surface area contributed by atoms with Gasteiger partial charge in [0, 0.05) is 40.9 Å². The molecule has 1 aliphatic rings. The number of hydrogen-bond acceptors (Lipinski definition) is 6. The summed E-state index contributed by atoms with van der Waals surface area (Å²) in [6.07, 6.45) is 4.24. The van der Waals surface area contributed by atoms with Crippen LogP contribution in [0.15, 0.2) is 67.3 Å². The number of anilines is 1. The monoisotopic (exact) mass is 483 g/mol. The smallest absolute Gasteiger partial charge is 0.227 e. The van der Waals surface area contributed by atoms with Gasteiger partial charge < -0.3 is 21.7 Å². The molecule has 184 valence electrons. The van der Waals surface area contributed by atoms with Gasteiger partial charge in [-0.15, -0.1) is 11.8 Å². The lowest BCUT2D eigenvalue weighted by molar-refractivity contribution is -0.117. The molecule has 9 heteroatoms. The second-order valence-corrected chi connectivity index (χ2v) is 9.50. The van der Waals surface area contributed by atoms with E-state index in [1.165, 1.54) is 0 Å². The van der Waals surface area contributed by atoms with Gasteiger partial charge in [0.2, 0.25) is 5.91 Å². The number of nitrogens with zero attached hydrogens (tertiary/aromatic N) is 4. The summed E-state index contributed by atoms with van der Waals surface area (Å²) in [6.45, 7) is 11.7. The fraction of sp³-hybridized carbons (Fsp3) is 0.440. The van der Waals surface area contributed by atoms with Crippen LogP contribution in [-0.2, 0) is 4.79 Å². The highest BCUT2D eigenvalue weighted by atomic mass is 32.2. The van der Waals surface area contributed by atoms with Gasteiger partial charge in [-0.3, -0.25) is 9.79 Å². The summed E-state index contributed by atoms with van der Waals surface area (Å²) in [7, 11) is 1.97. The van der Waals surface area contributed by atoms with Gasteiger partial charge in [0.15, 0.2) is 5.84 Å². The summed E-state index contributed by atoms with van der Waals surface area (Å²) in [4.78, 5) is 28.6. The van der Waals surface area contributed by atoms with E-state index in [1.54, 1.807) is 24.8 Å². The predicted octanol–water partition coefficient (Wildman–Crippen LogP) is 4.37. The number of rotatable bonds is 11. The Bertz CT molecular complexity index is 985. The molecule has 0 heterocycles. The highest BCUT2D eigenvalue weighted by Gasteiger charge is 2.29. The first kappa shape index (κ1) is 27.2. The van der Waals surface area contributed by atoms with Gasteiger partial charge in [-0.05, 0) is 77.1 Å². The molecule has 0 aromatic heterocycles. The van der Waals surface area contributed by atoms with Gasteiger partial charge in [0.05, 0.1) is 5.88 Å². The minimum absolute atomic E-state index is 0.101.